The van der Waals surface area contributed by atoms with Crippen LogP contribution in [0.3, 0.4) is 0 Å². The van der Waals surface area contributed by atoms with Crippen molar-refractivity contribution in [1.82, 2.24) is 4.98 Å². The van der Waals surface area contributed by atoms with Gasteiger partial charge in [0.25, 0.3) is 0 Å². The van der Waals surface area contributed by atoms with Crippen molar-refractivity contribution in [3.05, 3.63) is 35.9 Å². The van der Waals surface area contributed by atoms with Crippen molar-refractivity contribution in [3.63, 3.8) is 0 Å². The van der Waals surface area contributed by atoms with Crippen LogP contribution in [0.15, 0.2) is 30.3 Å². The summed E-state index contributed by atoms with van der Waals surface area (Å²) in [4.78, 5) is 4.68. The number of ether oxygens (including phenoxy) is 1. The number of hydrogen-bond acceptors (Lipinski definition) is 3. The third kappa shape index (κ3) is 2.79. The van der Waals surface area contributed by atoms with Gasteiger partial charge in [-0.2, -0.15) is 0 Å². The minimum Gasteiger partial charge on any atom is -0.382 e. The zero-order valence-electron chi connectivity index (χ0n) is 11.4. The molecule has 96 valence electrons. The number of anilines is 1. The van der Waals surface area contributed by atoms with E-state index in [0.717, 1.165) is 16.9 Å². The molecule has 0 bridgehead atoms. The summed E-state index contributed by atoms with van der Waals surface area (Å²) in [5, 5.41) is 4.61. The summed E-state index contributed by atoms with van der Waals surface area (Å²) < 4.78 is 5.22. The number of pyridine rings is 1. The smallest absolute Gasteiger partial charge is 0.130 e. The lowest BCUT2D eigenvalue weighted by atomic mass is 10.1. The molecule has 3 heteroatoms. The molecule has 1 N–H and O–H groups in total. The van der Waals surface area contributed by atoms with Crippen molar-refractivity contribution < 1.29 is 4.74 Å². The summed E-state index contributed by atoms with van der Waals surface area (Å²) in [7, 11) is 1.71. The molecule has 1 aromatic heterocycles. The molecule has 0 saturated carbocycles. The molecule has 0 saturated heterocycles. The molecule has 0 radical (unpaired) electrons. The summed E-state index contributed by atoms with van der Waals surface area (Å²) >= 11 is 0. The van der Waals surface area contributed by atoms with Crippen molar-refractivity contribution in [2.45, 2.75) is 26.3 Å². The third-order valence-corrected chi connectivity index (χ3v) is 2.88. The third-order valence-electron chi connectivity index (χ3n) is 2.88. The number of nitrogens with one attached hydrogen (secondary N) is 1. The van der Waals surface area contributed by atoms with Crippen molar-refractivity contribution in [1.29, 1.82) is 0 Å². The van der Waals surface area contributed by atoms with E-state index in [-0.39, 0.29) is 5.54 Å². The number of aryl methyl sites for hydroxylation is 1. The highest BCUT2D eigenvalue weighted by atomic mass is 16.5. The zero-order chi connectivity index (χ0) is 13.2. The highest BCUT2D eigenvalue weighted by molar-refractivity contribution is 5.81. The Morgan fingerprint density at radius 1 is 1.28 bits per heavy atom. The number of para-hydroxylation sites is 1. The first-order valence-electron chi connectivity index (χ1n) is 6.15. The van der Waals surface area contributed by atoms with E-state index in [2.05, 4.69) is 43.2 Å². The highest BCUT2D eigenvalue weighted by Crippen LogP contribution is 2.22. The number of methoxy groups -OCH3 is 1. The SMILES string of the molecule is COCC(C)(C)Nc1nc2ccccc2cc1C. The maximum absolute atomic E-state index is 5.22. The van der Waals surface area contributed by atoms with Gasteiger partial charge in [-0.1, -0.05) is 18.2 Å². The van der Waals surface area contributed by atoms with Crippen LogP contribution in [0.5, 0.6) is 0 Å². The monoisotopic (exact) mass is 244 g/mol. The van der Waals surface area contributed by atoms with E-state index in [1.807, 2.05) is 18.2 Å². The molecule has 0 aliphatic heterocycles. The van der Waals surface area contributed by atoms with Crippen molar-refractivity contribution >= 4 is 16.7 Å². The average Bonchev–Trinajstić information content (AvgIpc) is 2.29. The number of aromatic nitrogens is 1. The van der Waals surface area contributed by atoms with Gasteiger partial charge in [-0.3, -0.25) is 0 Å². The Hall–Kier alpha value is -1.61. The lowest BCUT2D eigenvalue weighted by Crippen LogP contribution is -2.36. The lowest BCUT2D eigenvalue weighted by Gasteiger charge is -2.27. The molecule has 18 heavy (non-hydrogen) atoms. The Morgan fingerprint density at radius 2 is 2.00 bits per heavy atom. The number of benzene rings is 1. The topological polar surface area (TPSA) is 34.1 Å². The second kappa shape index (κ2) is 4.94. The summed E-state index contributed by atoms with van der Waals surface area (Å²) in [5.41, 5.74) is 2.03. The fourth-order valence-corrected chi connectivity index (χ4v) is 2.07. The Bertz CT molecular complexity index is 549. The Balaban J connectivity index is 2.36. The number of nitrogens with zero attached hydrogens (tertiary/aromatic N) is 1. The number of rotatable bonds is 4. The van der Waals surface area contributed by atoms with Gasteiger partial charge in [-0.25, -0.2) is 4.98 Å². The molecule has 0 spiro atoms. The fraction of sp³-hybridized carbons (Fsp3) is 0.400. The van der Waals surface area contributed by atoms with Crippen LogP contribution in [-0.4, -0.2) is 24.2 Å². The summed E-state index contributed by atoms with van der Waals surface area (Å²) in [6, 6.07) is 10.3. The lowest BCUT2D eigenvalue weighted by molar-refractivity contribution is 0.158. The standard InChI is InChI=1S/C15H20N2O/c1-11-9-12-7-5-6-8-13(12)16-14(11)17-15(2,3)10-18-4/h5-9H,10H2,1-4H3,(H,16,17). The van der Waals surface area contributed by atoms with Crippen LogP contribution in [-0.2, 0) is 4.74 Å². The maximum Gasteiger partial charge on any atom is 0.130 e. The molecule has 0 aliphatic rings. The van der Waals surface area contributed by atoms with Crippen molar-refractivity contribution in [2.75, 3.05) is 19.0 Å². The largest absolute Gasteiger partial charge is 0.382 e. The second-order valence-electron chi connectivity index (χ2n) is 5.29. The van der Waals surface area contributed by atoms with Crippen LogP contribution in [0.4, 0.5) is 5.82 Å². The van der Waals surface area contributed by atoms with E-state index in [1.54, 1.807) is 7.11 Å². The summed E-state index contributed by atoms with van der Waals surface area (Å²) in [6.07, 6.45) is 0. The van der Waals surface area contributed by atoms with Gasteiger partial charge < -0.3 is 10.1 Å². The first kappa shape index (κ1) is 12.8. The van der Waals surface area contributed by atoms with E-state index in [4.69, 9.17) is 4.74 Å². The number of fused-ring (bicyclic) bond motifs is 1. The number of hydrogen-bond donors (Lipinski definition) is 1. The molecule has 2 aromatic rings. The van der Waals surface area contributed by atoms with E-state index >= 15 is 0 Å². The molecule has 0 fully saturated rings. The van der Waals surface area contributed by atoms with Gasteiger partial charge in [0, 0.05) is 12.5 Å². The molecule has 0 amide bonds. The van der Waals surface area contributed by atoms with E-state index in [1.165, 1.54) is 5.39 Å². The van der Waals surface area contributed by atoms with Gasteiger partial charge >= 0.3 is 0 Å². The quantitative estimate of drug-likeness (QED) is 0.895. The Morgan fingerprint density at radius 3 is 2.72 bits per heavy atom. The molecule has 0 unspecified atom stereocenters. The molecule has 1 aromatic carbocycles. The van der Waals surface area contributed by atoms with Gasteiger partial charge in [0.1, 0.15) is 5.82 Å². The van der Waals surface area contributed by atoms with Gasteiger partial charge in [0.15, 0.2) is 0 Å². The van der Waals surface area contributed by atoms with Crippen LogP contribution < -0.4 is 5.32 Å². The summed E-state index contributed by atoms with van der Waals surface area (Å²) in [5.74, 6) is 0.927. The van der Waals surface area contributed by atoms with Crippen LogP contribution in [0.2, 0.25) is 0 Å². The van der Waals surface area contributed by atoms with Gasteiger partial charge in [-0.05, 0) is 38.5 Å². The maximum atomic E-state index is 5.22. The molecule has 2 rings (SSSR count). The molecule has 0 aliphatic carbocycles. The Kier molecular flexibility index (Phi) is 3.53. The van der Waals surface area contributed by atoms with E-state index in [9.17, 15) is 0 Å². The van der Waals surface area contributed by atoms with E-state index < -0.39 is 0 Å². The van der Waals surface area contributed by atoms with Crippen LogP contribution >= 0.6 is 0 Å². The van der Waals surface area contributed by atoms with Gasteiger partial charge in [0.2, 0.25) is 0 Å². The average molecular weight is 244 g/mol. The first-order valence-corrected chi connectivity index (χ1v) is 6.15. The normalized spacial score (nSPS) is 11.8. The molecule has 1 heterocycles. The van der Waals surface area contributed by atoms with Crippen LogP contribution in [0.25, 0.3) is 10.9 Å². The molecule has 3 nitrogen and oxygen atoms in total. The predicted molar refractivity (Wildman–Crippen MR) is 76.1 cm³/mol. The van der Waals surface area contributed by atoms with Gasteiger partial charge in [-0.15, -0.1) is 0 Å². The minimum absolute atomic E-state index is 0.130. The summed E-state index contributed by atoms with van der Waals surface area (Å²) in [6.45, 7) is 6.92. The van der Waals surface area contributed by atoms with Crippen molar-refractivity contribution in [2.24, 2.45) is 0 Å². The molecular weight excluding hydrogens is 224 g/mol. The second-order valence-corrected chi connectivity index (χ2v) is 5.29. The van der Waals surface area contributed by atoms with Gasteiger partial charge in [0.05, 0.1) is 17.7 Å². The molecule has 0 atom stereocenters. The van der Waals surface area contributed by atoms with E-state index in [0.29, 0.717) is 6.61 Å². The van der Waals surface area contributed by atoms with Crippen LogP contribution in [0, 0.1) is 6.92 Å². The highest BCUT2D eigenvalue weighted by Gasteiger charge is 2.18. The molecular formula is C15H20N2O. The predicted octanol–water partition coefficient (Wildman–Crippen LogP) is 3.38. The zero-order valence-corrected chi connectivity index (χ0v) is 11.4. The fourth-order valence-electron chi connectivity index (χ4n) is 2.07. The Labute approximate surface area is 108 Å². The minimum atomic E-state index is -0.130. The van der Waals surface area contributed by atoms with Crippen LogP contribution in [0.1, 0.15) is 19.4 Å². The van der Waals surface area contributed by atoms with Crippen molar-refractivity contribution in [3.8, 4) is 0 Å². The first-order chi connectivity index (χ1) is 8.52.